The fourth-order valence-electron chi connectivity index (χ4n) is 2.99. The fraction of sp³-hybridized carbons (Fsp3) is 0.250. The van der Waals surface area contributed by atoms with Gasteiger partial charge in [-0.15, -0.1) is 0 Å². The van der Waals surface area contributed by atoms with Crippen LogP contribution in [0.1, 0.15) is 40.1 Å². The summed E-state index contributed by atoms with van der Waals surface area (Å²) < 4.78 is 5.59. The van der Waals surface area contributed by atoms with Crippen molar-refractivity contribution in [3.63, 3.8) is 0 Å². The Labute approximate surface area is 171 Å². The molecule has 0 unspecified atom stereocenters. The van der Waals surface area contributed by atoms with Gasteiger partial charge in [0.15, 0.2) is 0 Å². The molecule has 150 valence electrons. The molecule has 0 saturated heterocycles. The first-order valence-corrected chi connectivity index (χ1v) is 9.65. The summed E-state index contributed by atoms with van der Waals surface area (Å²) in [5, 5.41) is 12.1. The van der Waals surface area contributed by atoms with E-state index >= 15 is 0 Å². The molecule has 0 aliphatic carbocycles. The summed E-state index contributed by atoms with van der Waals surface area (Å²) in [6, 6.07) is 17.2. The molecule has 0 spiro atoms. The summed E-state index contributed by atoms with van der Waals surface area (Å²) >= 11 is 0. The number of carbonyl (C=O) groups excluding carboxylic acids is 1. The van der Waals surface area contributed by atoms with Crippen molar-refractivity contribution in [3.8, 4) is 16.9 Å². The number of carbonyl (C=O) groups is 1. The van der Waals surface area contributed by atoms with E-state index in [4.69, 9.17) is 9.84 Å². The lowest BCUT2D eigenvalue weighted by molar-refractivity contribution is 0.0939. The number of aliphatic hydroxyl groups is 1. The molecule has 5 nitrogen and oxygen atoms in total. The van der Waals surface area contributed by atoms with Crippen molar-refractivity contribution in [2.24, 2.45) is 0 Å². The number of aliphatic hydroxyl groups excluding tert-OH is 1. The zero-order chi connectivity index (χ0) is 20.8. The van der Waals surface area contributed by atoms with E-state index in [1.807, 2.05) is 69.3 Å². The average Bonchev–Trinajstić information content (AvgIpc) is 2.73. The van der Waals surface area contributed by atoms with Crippen LogP contribution in [0.3, 0.4) is 0 Å². The Morgan fingerprint density at radius 2 is 1.83 bits per heavy atom. The molecule has 1 aromatic heterocycles. The first-order valence-electron chi connectivity index (χ1n) is 9.65. The summed E-state index contributed by atoms with van der Waals surface area (Å²) in [4.78, 5) is 17.2. The highest BCUT2D eigenvalue weighted by molar-refractivity contribution is 5.96. The quantitative estimate of drug-likeness (QED) is 0.633. The number of ether oxygens (including phenoxy) is 1. The molecular formula is C24H26N2O3. The molecule has 29 heavy (non-hydrogen) atoms. The Balaban J connectivity index is 1.87. The minimum absolute atomic E-state index is 0.0895. The third kappa shape index (κ3) is 5.42. The number of amides is 1. The van der Waals surface area contributed by atoms with E-state index in [0.29, 0.717) is 11.3 Å². The second-order valence-corrected chi connectivity index (χ2v) is 7.11. The van der Waals surface area contributed by atoms with Crippen LogP contribution in [0.2, 0.25) is 0 Å². The van der Waals surface area contributed by atoms with Crippen LogP contribution in [0.15, 0.2) is 60.8 Å². The minimum Gasteiger partial charge on any atom is -0.491 e. The molecule has 0 bridgehead atoms. The predicted octanol–water partition coefficient (Wildman–Crippen LogP) is 4.23. The zero-order valence-electron chi connectivity index (χ0n) is 17.0. The number of aryl methyl sites for hydroxylation is 2. The molecule has 2 N–H and O–H groups in total. The molecule has 5 heteroatoms. The number of hydrogen-bond acceptors (Lipinski definition) is 4. The van der Waals surface area contributed by atoms with Gasteiger partial charge in [0.2, 0.25) is 0 Å². The van der Waals surface area contributed by atoms with Crippen molar-refractivity contribution in [2.45, 2.75) is 26.8 Å². The first-order chi connectivity index (χ1) is 14.0. The third-order valence-electron chi connectivity index (χ3n) is 4.70. The van der Waals surface area contributed by atoms with Crippen molar-refractivity contribution < 1.29 is 14.6 Å². The summed E-state index contributed by atoms with van der Waals surface area (Å²) in [7, 11) is 0. The van der Waals surface area contributed by atoms with Gasteiger partial charge in [0.25, 0.3) is 5.91 Å². The summed E-state index contributed by atoms with van der Waals surface area (Å²) in [5.74, 6) is 0.354. The van der Waals surface area contributed by atoms with Crippen LogP contribution in [-0.4, -0.2) is 29.2 Å². The molecule has 1 atom stereocenters. The largest absolute Gasteiger partial charge is 0.491 e. The van der Waals surface area contributed by atoms with Gasteiger partial charge in [-0.1, -0.05) is 35.9 Å². The van der Waals surface area contributed by atoms with Crippen molar-refractivity contribution in [3.05, 3.63) is 83.2 Å². The van der Waals surface area contributed by atoms with Crippen molar-refractivity contribution in [1.29, 1.82) is 0 Å². The lowest BCUT2D eigenvalue weighted by Crippen LogP contribution is -2.26. The smallest absolute Gasteiger partial charge is 0.251 e. The van der Waals surface area contributed by atoms with Crippen LogP contribution in [0, 0.1) is 13.8 Å². The van der Waals surface area contributed by atoms with E-state index in [1.54, 1.807) is 12.3 Å². The lowest BCUT2D eigenvalue weighted by atomic mass is 10.0. The van der Waals surface area contributed by atoms with Gasteiger partial charge in [-0.05, 0) is 61.7 Å². The standard InChI is InChI=1S/C24H26N2O3/c1-16-4-7-19(8-5-16)21-12-22(14-23(13-21)29-11-10-27)24(28)26-18(3)20-9-6-17(2)25-15-20/h4-9,12-15,18,27H,10-11H2,1-3H3,(H,26,28)/t18-/m1/s1. The number of nitrogens with one attached hydrogen (secondary N) is 1. The van der Waals surface area contributed by atoms with E-state index in [-0.39, 0.29) is 25.2 Å². The first kappa shape index (κ1) is 20.6. The van der Waals surface area contributed by atoms with Crippen LogP contribution >= 0.6 is 0 Å². The number of rotatable bonds is 7. The molecule has 0 fully saturated rings. The Bertz CT molecular complexity index is 966. The molecule has 3 rings (SSSR count). The van der Waals surface area contributed by atoms with E-state index in [1.165, 1.54) is 5.56 Å². The highest BCUT2D eigenvalue weighted by Crippen LogP contribution is 2.27. The molecule has 0 aliphatic rings. The van der Waals surface area contributed by atoms with Crippen LogP contribution in [-0.2, 0) is 0 Å². The fourth-order valence-corrected chi connectivity index (χ4v) is 2.99. The maximum absolute atomic E-state index is 12.9. The van der Waals surface area contributed by atoms with Gasteiger partial charge < -0.3 is 15.2 Å². The van der Waals surface area contributed by atoms with Crippen LogP contribution in [0.4, 0.5) is 0 Å². The van der Waals surface area contributed by atoms with Crippen molar-refractivity contribution >= 4 is 5.91 Å². The molecule has 0 saturated carbocycles. The lowest BCUT2D eigenvalue weighted by Gasteiger charge is -2.16. The summed E-state index contributed by atoms with van der Waals surface area (Å²) in [5.41, 5.74) is 5.42. The second-order valence-electron chi connectivity index (χ2n) is 7.11. The normalized spacial score (nSPS) is 11.7. The number of hydrogen-bond donors (Lipinski definition) is 2. The van der Waals surface area contributed by atoms with Gasteiger partial charge in [-0.3, -0.25) is 9.78 Å². The number of benzene rings is 2. The van der Waals surface area contributed by atoms with E-state index < -0.39 is 0 Å². The SMILES string of the molecule is Cc1ccc(-c2cc(OCCO)cc(C(=O)N[C@H](C)c3ccc(C)nc3)c2)cc1. The van der Waals surface area contributed by atoms with Gasteiger partial charge in [0, 0.05) is 17.5 Å². The van der Waals surface area contributed by atoms with Gasteiger partial charge in [-0.25, -0.2) is 0 Å². The van der Waals surface area contributed by atoms with Gasteiger partial charge in [0.1, 0.15) is 12.4 Å². The Kier molecular flexibility index (Phi) is 6.62. The predicted molar refractivity (Wildman–Crippen MR) is 114 cm³/mol. The van der Waals surface area contributed by atoms with Crippen LogP contribution < -0.4 is 10.1 Å². The maximum Gasteiger partial charge on any atom is 0.251 e. The maximum atomic E-state index is 12.9. The Morgan fingerprint density at radius 3 is 2.48 bits per heavy atom. The van der Waals surface area contributed by atoms with Gasteiger partial charge >= 0.3 is 0 Å². The highest BCUT2D eigenvalue weighted by atomic mass is 16.5. The Hall–Kier alpha value is -3.18. The van der Waals surface area contributed by atoms with Crippen LogP contribution in [0.25, 0.3) is 11.1 Å². The van der Waals surface area contributed by atoms with Gasteiger partial charge in [-0.2, -0.15) is 0 Å². The molecular weight excluding hydrogens is 364 g/mol. The number of aromatic nitrogens is 1. The van der Waals surface area contributed by atoms with Crippen LogP contribution in [0.5, 0.6) is 5.75 Å². The molecule has 3 aromatic rings. The van der Waals surface area contributed by atoms with Gasteiger partial charge in [0.05, 0.1) is 12.6 Å². The number of pyridine rings is 1. The molecule has 1 heterocycles. The van der Waals surface area contributed by atoms with Crippen molar-refractivity contribution in [2.75, 3.05) is 13.2 Å². The molecule has 1 amide bonds. The molecule has 0 radical (unpaired) electrons. The average molecular weight is 390 g/mol. The third-order valence-corrected chi connectivity index (χ3v) is 4.70. The topological polar surface area (TPSA) is 71.5 Å². The van der Waals surface area contributed by atoms with E-state index in [2.05, 4.69) is 10.3 Å². The molecule has 0 aliphatic heterocycles. The van der Waals surface area contributed by atoms with E-state index in [9.17, 15) is 4.79 Å². The van der Waals surface area contributed by atoms with E-state index in [0.717, 1.165) is 22.4 Å². The Morgan fingerprint density at radius 1 is 1.07 bits per heavy atom. The number of nitrogens with zero attached hydrogens (tertiary/aromatic N) is 1. The monoisotopic (exact) mass is 390 g/mol. The second kappa shape index (κ2) is 9.34. The molecule has 2 aromatic carbocycles. The summed E-state index contributed by atoms with van der Waals surface area (Å²) in [6.45, 7) is 5.97. The zero-order valence-corrected chi connectivity index (χ0v) is 17.0. The minimum atomic E-state index is -0.194. The highest BCUT2D eigenvalue weighted by Gasteiger charge is 2.14. The summed E-state index contributed by atoms with van der Waals surface area (Å²) in [6.07, 6.45) is 1.78. The van der Waals surface area contributed by atoms with Crippen molar-refractivity contribution in [1.82, 2.24) is 10.3 Å².